The summed E-state index contributed by atoms with van der Waals surface area (Å²) < 4.78 is 10.7. The molecule has 1 atom stereocenters. The molecule has 1 heterocycles. The standard InChI is InChI=1S/C17H19NO5/c1-3-13-12(17(20)21)9-14(23-13)16(19)18-10-15(22-2)11-7-5-4-6-8-11/h4-9,15H,3,10H2,1-2H3,(H,18,19)(H,20,21). The van der Waals surface area contributed by atoms with Gasteiger partial charge in [0.2, 0.25) is 0 Å². The molecule has 0 bridgehead atoms. The summed E-state index contributed by atoms with van der Waals surface area (Å²) in [6.07, 6.45) is 0.110. The van der Waals surface area contributed by atoms with Crippen molar-refractivity contribution in [3.63, 3.8) is 0 Å². The molecule has 0 aliphatic rings. The highest BCUT2D eigenvalue weighted by Gasteiger charge is 2.21. The zero-order valence-electron chi connectivity index (χ0n) is 13.0. The molecule has 2 N–H and O–H groups in total. The van der Waals surface area contributed by atoms with Crippen LogP contribution in [-0.2, 0) is 11.2 Å². The minimum Gasteiger partial charge on any atom is -0.478 e. The minimum absolute atomic E-state index is 0.0119. The first kappa shape index (κ1) is 16.8. The Morgan fingerprint density at radius 3 is 2.52 bits per heavy atom. The van der Waals surface area contributed by atoms with E-state index < -0.39 is 11.9 Å². The number of benzene rings is 1. The van der Waals surface area contributed by atoms with Crippen LogP contribution >= 0.6 is 0 Å². The van der Waals surface area contributed by atoms with Crippen molar-refractivity contribution in [1.29, 1.82) is 0 Å². The second-order valence-corrected chi connectivity index (χ2v) is 4.95. The maximum Gasteiger partial charge on any atom is 0.339 e. The van der Waals surface area contributed by atoms with Crippen molar-refractivity contribution in [3.05, 3.63) is 59.0 Å². The molecule has 6 nitrogen and oxygen atoms in total. The first-order chi connectivity index (χ1) is 11.1. The SMILES string of the molecule is CCc1oc(C(=O)NCC(OC)c2ccccc2)cc1C(=O)O. The number of carboxylic acids is 1. The molecule has 0 fully saturated rings. The fourth-order valence-electron chi connectivity index (χ4n) is 2.26. The summed E-state index contributed by atoms with van der Waals surface area (Å²) in [4.78, 5) is 23.2. The number of furan rings is 1. The lowest BCUT2D eigenvalue weighted by Crippen LogP contribution is -2.28. The summed E-state index contributed by atoms with van der Waals surface area (Å²) in [6, 6.07) is 10.7. The van der Waals surface area contributed by atoms with Gasteiger partial charge in [0.15, 0.2) is 5.76 Å². The van der Waals surface area contributed by atoms with E-state index in [0.717, 1.165) is 5.56 Å². The van der Waals surface area contributed by atoms with Crippen molar-refractivity contribution < 1.29 is 23.8 Å². The van der Waals surface area contributed by atoms with E-state index in [0.29, 0.717) is 6.42 Å². The predicted molar refractivity (Wildman–Crippen MR) is 83.6 cm³/mol. The van der Waals surface area contributed by atoms with Gasteiger partial charge in [-0.2, -0.15) is 0 Å². The van der Waals surface area contributed by atoms with E-state index in [1.807, 2.05) is 30.3 Å². The number of hydrogen-bond acceptors (Lipinski definition) is 4. The molecule has 6 heteroatoms. The number of aryl methyl sites for hydroxylation is 1. The monoisotopic (exact) mass is 317 g/mol. The Morgan fingerprint density at radius 1 is 1.30 bits per heavy atom. The number of carbonyl (C=O) groups excluding carboxylic acids is 1. The van der Waals surface area contributed by atoms with Gasteiger partial charge in [-0.25, -0.2) is 4.79 Å². The molecule has 0 saturated carbocycles. The summed E-state index contributed by atoms with van der Waals surface area (Å²) >= 11 is 0. The molecule has 1 unspecified atom stereocenters. The third kappa shape index (κ3) is 3.98. The Balaban J connectivity index is 2.06. The lowest BCUT2D eigenvalue weighted by atomic mass is 10.1. The zero-order valence-corrected chi connectivity index (χ0v) is 13.0. The van der Waals surface area contributed by atoms with Crippen LogP contribution in [0.15, 0.2) is 40.8 Å². The molecular weight excluding hydrogens is 298 g/mol. The van der Waals surface area contributed by atoms with Crippen LogP contribution in [-0.4, -0.2) is 30.6 Å². The Labute approximate surface area is 134 Å². The van der Waals surface area contributed by atoms with Crippen molar-refractivity contribution in [2.75, 3.05) is 13.7 Å². The van der Waals surface area contributed by atoms with Gasteiger partial charge in [-0.3, -0.25) is 4.79 Å². The van der Waals surface area contributed by atoms with E-state index in [9.17, 15) is 9.59 Å². The van der Waals surface area contributed by atoms with Crippen LogP contribution in [0.25, 0.3) is 0 Å². The number of aromatic carboxylic acids is 1. The summed E-state index contributed by atoms with van der Waals surface area (Å²) in [6.45, 7) is 2.02. The van der Waals surface area contributed by atoms with Crippen molar-refractivity contribution in [2.24, 2.45) is 0 Å². The van der Waals surface area contributed by atoms with Crippen LogP contribution in [0.5, 0.6) is 0 Å². The molecular formula is C17H19NO5. The van der Waals surface area contributed by atoms with Gasteiger partial charge < -0.3 is 19.6 Å². The quantitative estimate of drug-likeness (QED) is 0.819. The van der Waals surface area contributed by atoms with Gasteiger partial charge in [-0.15, -0.1) is 0 Å². The van der Waals surface area contributed by atoms with Crippen molar-refractivity contribution in [1.82, 2.24) is 5.32 Å². The molecule has 1 amide bonds. The van der Waals surface area contributed by atoms with E-state index in [4.69, 9.17) is 14.3 Å². The highest BCUT2D eigenvalue weighted by molar-refractivity contribution is 5.96. The normalized spacial score (nSPS) is 11.9. The number of ether oxygens (including phenoxy) is 1. The summed E-state index contributed by atoms with van der Waals surface area (Å²) in [5, 5.41) is 11.8. The van der Waals surface area contributed by atoms with Crippen LogP contribution in [0.1, 0.15) is 45.3 Å². The van der Waals surface area contributed by atoms with Gasteiger partial charge in [0, 0.05) is 26.1 Å². The maximum atomic E-state index is 12.1. The molecule has 0 saturated heterocycles. The first-order valence-electron chi connectivity index (χ1n) is 7.28. The molecule has 0 radical (unpaired) electrons. The highest BCUT2D eigenvalue weighted by Crippen LogP contribution is 2.18. The molecule has 1 aromatic carbocycles. The lowest BCUT2D eigenvalue weighted by Gasteiger charge is -2.16. The molecule has 0 aliphatic heterocycles. The van der Waals surface area contributed by atoms with E-state index in [1.165, 1.54) is 6.07 Å². The fraction of sp³-hybridized carbons (Fsp3) is 0.294. The molecule has 2 aromatic rings. The van der Waals surface area contributed by atoms with Gasteiger partial charge in [0.1, 0.15) is 11.3 Å². The van der Waals surface area contributed by atoms with Crippen LogP contribution in [0.2, 0.25) is 0 Å². The number of carboxylic acid groups (broad SMARTS) is 1. The molecule has 0 spiro atoms. The number of carbonyl (C=O) groups is 2. The van der Waals surface area contributed by atoms with Gasteiger partial charge in [-0.05, 0) is 5.56 Å². The largest absolute Gasteiger partial charge is 0.478 e. The molecule has 122 valence electrons. The Hall–Kier alpha value is -2.60. The van der Waals surface area contributed by atoms with Crippen molar-refractivity contribution >= 4 is 11.9 Å². The molecule has 23 heavy (non-hydrogen) atoms. The zero-order chi connectivity index (χ0) is 16.8. The minimum atomic E-state index is -1.11. The molecule has 2 rings (SSSR count). The van der Waals surface area contributed by atoms with Gasteiger partial charge in [-0.1, -0.05) is 37.3 Å². The third-order valence-electron chi connectivity index (χ3n) is 3.49. The summed E-state index contributed by atoms with van der Waals surface area (Å²) in [5.74, 6) is -1.30. The predicted octanol–water partition coefficient (Wildman–Crippen LogP) is 2.66. The number of methoxy groups -OCH3 is 1. The fourth-order valence-corrected chi connectivity index (χ4v) is 2.26. The van der Waals surface area contributed by atoms with Gasteiger partial charge in [0.25, 0.3) is 5.91 Å². The van der Waals surface area contributed by atoms with Crippen LogP contribution < -0.4 is 5.32 Å². The van der Waals surface area contributed by atoms with E-state index in [2.05, 4.69) is 5.32 Å². The Morgan fingerprint density at radius 2 is 2.00 bits per heavy atom. The smallest absolute Gasteiger partial charge is 0.339 e. The molecule has 0 aliphatic carbocycles. The average molecular weight is 317 g/mol. The number of rotatable bonds is 7. The number of hydrogen-bond donors (Lipinski definition) is 2. The van der Waals surface area contributed by atoms with E-state index >= 15 is 0 Å². The van der Waals surface area contributed by atoms with Gasteiger partial charge in [0.05, 0.1) is 6.10 Å². The van der Waals surface area contributed by atoms with Crippen LogP contribution in [0.4, 0.5) is 0 Å². The topological polar surface area (TPSA) is 88.8 Å². The van der Waals surface area contributed by atoms with Crippen molar-refractivity contribution in [2.45, 2.75) is 19.4 Å². The van der Waals surface area contributed by atoms with E-state index in [1.54, 1.807) is 14.0 Å². The molecule has 1 aromatic heterocycles. The number of nitrogens with one attached hydrogen (secondary N) is 1. The second kappa shape index (κ2) is 7.60. The van der Waals surface area contributed by atoms with Crippen LogP contribution in [0.3, 0.4) is 0 Å². The first-order valence-corrected chi connectivity index (χ1v) is 7.28. The Kier molecular flexibility index (Phi) is 5.54. The highest BCUT2D eigenvalue weighted by atomic mass is 16.5. The maximum absolute atomic E-state index is 12.1. The average Bonchev–Trinajstić information content (AvgIpc) is 3.01. The van der Waals surface area contributed by atoms with Crippen molar-refractivity contribution in [3.8, 4) is 0 Å². The lowest BCUT2D eigenvalue weighted by molar-refractivity contribution is 0.0694. The van der Waals surface area contributed by atoms with E-state index in [-0.39, 0.29) is 29.7 Å². The van der Waals surface area contributed by atoms with Crippen LogP contribution in [0, 0.1) is 0 Å². The third-order valence-corrected chi connectivity index (χ3v) is 3.49. The Bertz CT molecular complexity index is 678. The summed E-state index contributed by atoms with van der Waals surface area (Å²) in [5.41, 5.74) is 0.958. The second-order valence-electron chi connectivity index (χ2n) is 4.95. The number of amides is 1. The van der Waals surface area contributed by atoms with Gasteiger partial charge >= 0.3 is 5.97 Å². The summed E-state index contributed by atoms with van der Waals surface area (Å²) in [7, 11) is 1.56.